The third-order valence-corrected chi connectivity index (χ3v) is 0.289. The van der Waals surface area contributed by atoms with Crippen molar-refractivity contribution in [3.05, 3.63) is 0 Å². The number of carbonyl (C=O) groups is 2. The van der Waals surface area contributed by atoms with E-state index in [4.69, 9.17) is 0 Å². The van der Waals surface area contributed by atoms with Crippen molar-refractivity contribution in [3.8, 4) is 0 Å². The zero-order chi connectivity index (χ0) is 5.86. The van der Waals surface area contributed by atoms with Gasteiger partial charge in [0.1, 0.15) is 0 Å². The zero-order valence-corrected chi connectivity index (χ0v) is 6.08. The number of carboxylic acid groups (broad SMARTS) is 2. The number of hydrogen-bond donors (Lipinski definition) is 0. The number of carboxylic acids is 2. The molecule has 0 aromatic carbocycles. The SMILES string of the molecule is O.O.O.O=C([O-])CC(=O)[O-].[Cu+2]. The molecule has 0 aliphatic rings. The summed E-state index contributed by atoms with van der Waals surface area (Å²) in [4.78, 5) is 18.6. The van der Waals surface area contributed by atoms with Crippen LogP contribution in [0.1, 0.15) is 6.42 Å². The minimum Gasteiger partial charge on any atom is -0.550 e. The Morgan fingerprint density at radius 3 is 1.09 bits per heavy atom. The Morgan fingerprint density at radius 1 is 0.909 bits per heavy atom. The molecule has 0 spiro atoms. The maximum absolute atomic E-state index is 9.28. The first kappa shape index (κ1) is 31.6. The van der Waals surface area contributed by atoms with E-state index in [1.54, 1.807) is 0 Å². The molecule has 0 atom stereocenters. The van der Waals surface area contributed by atoms with Crippen LogP contribution in [-0.2, 0) is 26.7 Å². The minimum atomic E-state index is -1.63. The van der Waals surface area contributed by atoms with Gasteiger partial charge in [-0.3, -0.25) is 0 Å². The molecule has 0 rings (SSSR count). The van der Waals surface area contributed by atoms with Crippen LogP contribution in [-0.4, -0.2) is 28.4 Å². The van der Waals surface area contributed by atoms with E-state index >= 15 is 0 Å². The van der Waals surface area contributed by atoms with Crippen molar-refractivity contribution in [2.24, 2.45) is 0 Å². The maximum Gasteiger partial charge on any atom is 2.00 e. The molecule has 0 aromatic rings. The summed E-state index contributed by atoms with van der Waals surface area (Å²) < 4.78 is 0. The summed E-state index contributed by atoms with van der Waals surface area (Å²) in [5.41, 5.74) is 0. The van der Waals surface area contributed by atoms with Gasteiger partial charge >= 0.3 is 17.1 Å². The van der Waals surface area contributed by atoms with Crippen LogP contribution in [0, 0.1) is 0 Å². The standard InChI is InChI=1S/C3H4O4.Cu.3H2O/c4-2(5)1-3(6)7;;;;/h1H2,(H,4,5)(H,6,7);;3*1H2/q;+2;;;/p-2. The zero-order valence-electron chi connectivity index (χ0n) is 5.14. The van der Waals surface area contributed by atoms with Crippen molar-refractivity contribution < 1.29 is 53.3 Å². The first-order valence-corrected chi connectivity index (χ1v) is 1.52. The minimum absolute atomic E-state index is 0. The molecule has 0 aliphatic heterocycles. The molecule has 0 aromatic heterocycles. The Kier molecular flexibility index (Phi) is 46.5. The normalized spacial score (nSPS) is 5.09. The van der Waals surface area contributed by atoms with Gasteiger partial charge in [0.15, 0.2) is 0 Å². The molecule has 0 fully saturated rings. The van der Waals surface area contributed by atoms with Crippen LogP contribution in [0.15, 0.2) is 0 Å². The summed E-state index contributed by atoms with van der Waals surface area (Å²) in [5.74, 6) is -3.25. The van der Waals surface area contributed by atoms with Gasteiger partial charge in [0, 0.05) is 18.4 Å². The fourth-order valence-electron chi connectivity index (χ4n) is 0.118. The molecule has 73 valence electrons. The second kappa shape index (κ2) is 16.2. The molecule has 1 radical (unpaired) electrons. The largest absolute Gasteiger partial charge is 2.00 e. The summed E-state index contributed by atoms with van der Waals surface area (Å²) in [6.45, 7) is 0. The maximum atomic E-state index is 9.28. The van der Waals surface area contributed by atoms with Crippen molar-refractivity contribution in [3.63, 3.8) is 0 Å². The summed E-state index contributed by atoms with van der Waals surface area (Å²) in [6.07, 6.45) is -1.03. The molecule has 7 nitrogen and oxygen atoms in total. The second-order valence-corrected chi connectivity index (χ2v) is 0.921. The van der Waals surface area contributed by atoms with Crippen LogP contribution in [0.5, 0.6) is 0 Å². The molecule has 0 saturated carbocycles. The van der Waals surface area contributed by atoms with E-state index in [1.807, 2.05) is 0 Å². The van der Waals surface area contributed by atoms with Crippen LogP contribution < -0.4 is 10.2 Å². The molecule has 0 heterocycles. The van der Waals surface area contributed by atoms with Crippen molar-refractivity contribution in [1.82, 2.24) is 0 Å². The Balaban J connectivity index is -0.0000000300. The van der Waals surface area contributed by atoms with Crippen LogP contribution >= 0.6 is 0 Å². The van der Waals surface area contributed by atoms with Gasteiger partial charge in [0.25, 0.3) is 0 Å². The van der Waals surface area contributed by atoms with Gasteiger partial charge < -0.3 is 36.2 Å². The molecule has 0 unspecified atom stereocenters. The van der Waals surface area contributed by atoms with E-state index in [2.05, 4.69) is 0 Å². The second-order valence-electron chi connectivity index (χ2n) is 0.921. The first-order valence-electron chi connectivity index (χ1n) is 1.52. The van der Waals surface area contributed by atoms with E-state index < -0.39 is 18.4 Å². The Hall–Kier alpha value is -0.661. The van der Waals surface area contributed by atoms with Crippen molar-refractivity contribution >= 4 is 11.9 Å². The van der Waals surface area contributed by atoms with Gasteiger partial charge in [0.05, 0.1) is 0 Å². The number of rotatable bonds is 2. The molecule has 11 heavy (non-hydrogen) atoms. The van der Waals surface area contributed by atoms with Crippen molar-refractivity contribution in [1.29, 1.82) is 0 Å². The predicted molar refractivity (Wildman–Crippen MR) is 25.5 cm³/mol. The van der Waals surface area contributed by atoms with Crippen molar-refractivity contribution in [2.75, 3.05) is 0 Å². The number of aliphatic carboxylic acids is 2. The van der Waals surface area contributed by atoms with Gasteiger partial charge in [-0.2, -0.15) is 0 Å². The average molecular weight is 220 g/mol. The molecule has 0 aliphatic carbocycles. The Morgan fingerprint density at radius 2 is 1.09 bits per heavy atom. The number of hydrogen-bond acceptors (Lipinski definition) is 4. The fourth-order valence-corrected chi connectivity index (χ4v) is 0.118. The molecule has 8 heteroatoms. The summed E-state index contributed by atoms with van der Waals surface area (Å²) in [5, 5.41) is 18.6. The van der Waals surface area contributed by atoms with Crippen LogP contribution in [0.4, 0.5) is 0 Å². The molecule has 0 bridgehead atoms. The molecular formula is C3H8CuO7. The topological polar surface area (TPSA) is 175 Å². The van der Waals surface area contributed by atoms with Gasteiger partial charge in [0.2, 0.25) is 0 Å². The van der Waals surface area contributed by atoms with E-state index in [1.165, 1.54) is 0 Å². The van der Waals surface area contributed by atoms with Crippen LogP contribution in [0.3, 0.4) is 0 Å². The summed E-state index contributed by atoms with van der Waals surface area (Å²) in [7, 11) is 0. The third-order valence-electron chi connectivity index (χ3n) is 0.289. The molecule has 0 saturated heterocycles. The molecule has 0 amide bonds. The van der Waals surface area contributed by atoms with E-state index in [0.717, 1.165) is 0 Å². The van der Waals surface area contributed by atoms with Crippen LogP contribution in [0.2, 0.25) is 0 Å². The van der Waals surface area contributed by atoms with E-state index in [-0.39, 0.29) is 33.5 Å². The van der Waals surface area contributed by atoms with E-state index in [0.29, 0.717) is 0 Å². The first-order chi connectivity index (χ1) is 3.13. The van der Waals surface area contributed by atoms with E-state index in [9.17, 15) is 19.8 Å². The van der Waals surface area contributed by atoms with Gasteiger partial charge in [-0.15, -0.1) is 0 Å². The van der Waals surface area contributed by atoms with Crippen LogP contribution in [0.25, 0.3) is 0 Å². The number of carbonyl (C=O) groups excluding carboxylic acids is 2. The Bertz CT molecular complexity index is 89.9. The van der Waals surface area contributed by atoms with Gasteiger partial charge in [-0.25, -0.2) is 0 Å². The molecule has 6 N–H and O–H groups in total. The monoisotopic (exact) mass is 219 g/mol. The third kappa shape index (κ3) is 45.1. The fraction of sp³-hybridized carbons (Fsp3) is 0.333. The quantitative estimate of drug-likeness (QED) is 0.332. The average Bonchev–Trinajstić information content (AvgIpc) is 1.27. The van der Waals surface area contributed by atoms with Gasteiger partial charge in [-0.1, -0.05) is 0 Å². The molecular weight excluding hydrogens is 212 g/mol. The van der Waals surface area contributed by atoms with Gasteiger partial charge in [-0.05, 0) is 0 Å². The van der Waals surface area contributed by atoms with Crippen molar-refractivity contribution in [2.45, 2.75) is 6.42 Å². The summed E-state index contributed by atoms with van der Waals surface area (Å²) in [6, 6.07) is 0. The Labute approximate surface area is 72.4 Å². The summed E-state index contributed by atoms with van der Waals surface area (Å²) >= 11 is 0. The predicted octanol–water partition coefficient (Wildman–Crippen LogP) is -5.60. The smallest absolute Gasteiger partial charge is 0.550 e.